The lowest BCUT2D eigenvalue weighted by Crippen LogP contribution is -2.47. The number of piperidine rings is 1. The third kappa shape index (κ3) is 5.30. The van der Waals surface area contributed by atoms with E-state index in [1.807, 2.05) is 0 Å². The Kier molecular flexibility index (Phi) is 6.12. The number of alkyl halides is 3. The van der Waals surface area contributed by atoms with Gasteiger partial charge in [-0.25, -0.2) is 0 Å². The maximum atomic E-state index is 12.6. The van der Waals surface area contributed by atoms with Gasteiger partial charge in [-0.05, 0) is 45.3 Å². The molecule has 1 heterocycles. The highest BCUT2D eigenvalue weighted by atomic mass is 19.4. The van der Waals surface area contributed by atoms with Crippen molar-refractivity contribution in [3.63, 3.8) is 0 Å². The standard InChI is InChI=1S/C14H27F3N2/c1-10(2)18-9-11(3)12(4)19-7-5-13(6-8-19)14(15,16)17/h10-13,18H,5-9H2,1-4H3. The van der Waals surface area contributed by atoms with Crippen molar-refractivity contribution in [2.24, 2.45) is 11.8 Å². The van der Waals surface area contributed by atoms with Crippen LogP contribution in [-0.4, -0.2) is 42.8 Å². The summed E-state index contributed by atoms with van der Waals surface area (Å²) in [6.45, 7) is 10.5. The van der Waals surface area contributed by atoms with Gasteiger partial charge in [-0.2, -0.15) is 13.2 Å². The summed E-state index contributed by atoms with van der Waals surface area (Å²) in [6, 6.07) is 0.783. The van der Waals surface area contributed by atoms with Gasteiger partial charge in [0.15, 0.2) is 0 Å². The molecule has 2 nitrogen and oxygen atoms in total. The molecule has 2 atom stereocenters. The first-order valence-electron chi connectivity index (χ1n) is 7.26. The highest BCUT2D eigenvalue weighted by molar-refractivity contribution is 4.82. The topological polar surface area (TPSA) is 15.3 Å². The molecule has 0 aliphatic carbocycles. The normalized spacial score (nSPS) is 22.7. The van der Waals surface area contributed by atoms with Gasteiger partial charge in [0, 0.05) is 12.1 Å². The predicted octanol–water partition coefficient (Wildman–Crippen LogP) is 3.28. The van der Waals surface area contributed by atoms with E-state index in [0.29, 0.717) is 31.1 Å². The SMILES string of the molecule is CC(C)NCC(C)C(C)N1CCC(C(F)(F)F)CC1. The lowest BCUT2D eigenvalue weighted by Gasteiger charge is -2.39. The van der Waals surface area contributed by atoms with E-state index >= 15 is 0 Å². The highest BCUT2D eigenvalue weighted by Gasteiger charge is 2.41. The number of rotatable bonds is 5. The number of nitrogens with zero attached hydrogens (tertiary/aromatic N) is 1. The van der Waals surface area contributed by atoms with Crippen molar-refractivity contribution < 1.29 is 13.2 Å². The summed E-state index contributed by atoms with van der Waals surface area (Å²) >= 11 is 0. The Labute approximate surface area is 114 Å². The molecule has 114 valence electrons. The van der Waals surface area contributed by atoms with Gasteiger partial charge in [-0.3, -0.25) is 0 Å². The number of likely N-dealkylation sites (tertiary alicyclic amines) is 1. The molecule has 2 unspecified atom stereocenters. The zero-order chi connectivity index (χ0) is 14.6. The van der Waals surface area contributed by atoms with E-state index in [4.69, 9.17) is 0 Å². The summed E-state index contributed by atoms with van der Waals surface area (Å²) in [5.74, 6) is -0.648. The van der Waals surface area contributed by atoms with Gasteiger partial charge in [-0.1, -0.05) is 20.8 Å². The second kappa shape index (κ2) is 6.93. The van der Waals surface area contributed by atoms with Crippen LogP contribution in [0.25, 0.3) is 0 Å². The van der Waals surface area contributed by atoms with E-state index in [0.717, 1.165) is 6.54 Å². The molecule has 1 aliphatic rings. The zero-order valence-corrected chi connectivity index (χ0v) is 12.4. The molecule has 0 saturated carbocycles. The number of hydrogen-bond acceptors (Lipinski definition) is 2. The van der Waals surface area contributed by atoms with E-state index in [-0.39, 0.29) is 12.8 Å². The molecule has 0 aromatic heterocycles. The molecular weight excluding hydrogens is 253 g/mol. The maximum absolute atomic E-state index is 12.6. The van der Waals surface area contributed by atoms with Gasteiger partial charge >= 0.3 is 6.18 Å². The molecule has 0 radical (unpaired) electrons. The maximum Gasteiger partial charge on any atom is 0.391 e. The van der Waals surface area contributed by atoms with Crippen molar-refractivity contribution in [1.82, 2.24) is 10.2 Å². The quantitative estimate of drug-likeness (QED) is 0.831. The van der Waals surface area contributed by atoms with Crippen molar-refractivity contribution >= 4 is 0 Å². The van der Waals surface area contributed by atoms with E-state index in [2.05, 4.69) is 37.9 Å². The van der Waals surface area contributed by atoms with E-state index < -0.39 is 12.1 Å². The zero-order valence-electron chi connectivity index (χ0n) is 12.4. The molecule has 0 bridgehead atoms. The van der Waals surface area contributed by atoms with Crippen LogP contribution in [-0.2, 0) is 0 Å². The van der Waals surface area contributed by atoms with E-state index in [1.54, 1.807) is 0 Å². The molecule has 19 heavy (non-hydrogen) atoms. The van der Waals surface area contributed by atoms with Crippen molar-refractivity contribution in [3.05, 3.63) is 0 Å². The van der Waals surface area contributed by atoms with Crippen LogP contribution >= 0.6 is 0 Å². The second-order valence-electron chi connectivity index (χ2n) is 6.13. The molecule has 1 rings (SSSR count). The van der Waals surface area contributed by atoms with Gasteiger partial charge in [0.1, 0.15) is 0 Å². The summed E-state index contributed by atoms with van der Waals surface area (Å²) in [5, 5.41) is 3.39. The van der Waals surface area contributed by atoms with Gasteiger partial charge in [-0.15, -0.1) is 0 Å². The Morgan fingerprint density at radius 1 is 1.11 bits per heavy atom. The fourth-order valence-corrected chi connectivity index (χ4v) is 2.59. The minimum Gasteiger partial charge on any atom is -0.314 e. The Morgan fingerprint density at radius 2 is 1.63 bits per heavy atom. The van der Waals surface area contributed by atoms with Crippen LogP contribution in [0.15, 0.2) is 0 Å². The van der Waals surface area contributed by atoms with Crippen LogP contribution < -0.4 is 5.32 Å². The molecule has 1 aliphatic heterocycles. The lowest BCUT2D eigenvalue weighted by molar-refractivity contribution is -0.186. The monoisotopic (exact) mass is 280 g/mol. The summed E-state index contributed by atoms with van der Waals surface area (Å²) in [6.07, 6.45) is -3.52. The third-order valence-electron chi connectivity index (χ3n) is 4.24. The first kappa shape index (κ1) is 16.8. The van der Waals surface area contributed by atoms with Crippen molar-refractivity contribution in [3.8, 4) is 0 Å². The molecule has 0 amide bonds. The first-order chi connectivity index (χ1) is 8.71. The molecular formula is C14H27F3N2. The molecule has 0 aromatic carbocycles. The van der Waals surface area contributed by atoms with Crippen LogP contribution in [0.4, 0.5) is 13.2 Å². The summed E-state index contributed by atoms with van der Waals surface area (Å²) < 4.78 is 37.8. The van der Waals surface area contributed by atoms with Gasteiger partial charge in [0.2, 0.25) is 0 Å². The summed E-state index contributed by atoms with van der Waals surface area (Å²) in [7, 11) is 0. The summed E-state index contributed by atoms with van der Waals surface area (Å²) in [5.41, 5.74) is 0. The van der Waals surface area contributed by atoms with E-state index in [1.165, 1.54) is 0 Å². The van der Waals surface area contributed by atoms with Crippen molar-refractivity contribution in [2.45, 2.75) is 58.8 Å². The van der Waals surface area contributed by atoms with Crippen LogP contribution in [0.1, 0.15) is 40.5 Å². The first-order valence-corrected chi connectivity index (χ1v) is 7.26. The Bertz CT molecular complexity index is 258. The number of hydrogen-bond donors (Lipinski definition) is 1. The summed E-state index contributed by atoms with van der Waals surface area (Å²) in [4.78, 5) is 2.20. The van der Waals surface area contributed by atoms with Crippen molar-refractivity contribution in [1.29, 1.82) is 0 Å². The fourth-order valence-electron chi connectivity index (χ4n) is 2.59. The fraction of sp³-hybridized carbons (Fsp3) is 1.00. The van der Waals surface area contributed by atoms with Gasteiger partial charge in [0.05, 0.1) is 5.92 Å². The number of halogens is 3. The Morgan fingerprint density at radius 3 is 2.05 bits per heavy atom. The average molecular weight is 280 g/mol. The number of nitrogens with one attached hydrogen (secondary N) is 1. The van der Waals surface area contributed by atoms with E-state index in [9.17, 15) is 13.2 Å². The van der Waals surface area contributed by atoms with Gasteiger partial charge < -0.3 is 10.2 Å². The molecule has 1 fully saturated rings. The van der Waals surface area contributed by atoms with Crippen LogP contribution in [0.2, 0.25) is 0 Å². The Balaban J connectivity index is 2.38. The van der Waals surface area contributed by atoms with Gasteiger partial charge in [0.25, 0.3) is 0 Å². The second-order valence-corrected chi connectivity index (χ2v) is 6.13. The largest absolute Gasteiger partial charge is 0.391 e. The molecule has 1 N–H and O–H groups in total. The smallest absolute Gasteiger partial charge is 0.314 e. The minimum atomic E-state index is -4.01. The lowest BCUT2D eigenvalue weighted by atomic mass is 9.93. The Hall–Kier alpha value is -0.290. The predicted molar refractivity (Wildman–Crippen MR) is 72.1 cm³/mol. The van der Waals surface area contributed by atoms with Crippen LogP contribution in [0.3, 0.4) is 0 Å². The molecule has 0 spiro atoms. The third-order valence-corrected chi connectivity index (χ3v) is 4.24. The molecule has 5 heteroatoms. The van der Waals surface area contributed by atoms with Crippen LogP contribution in [0, 0.1) is 11.8 Å². The van der Waals surface area contributed by atoms with Crippen molar-refractivity contribution in [2.75, 3.05) is 19.6 Å². The molecule has 0 aromatic rings. The average Bonchev–Trinajstić information content (AvgIpc) is 2.34. The molecule has 1 saturated heterocycles. The van der Waals surface area contributed by atoms with Crippen LogP contribution in [0.5, 0.6) is 0 Å². The highest BCUT2D eigenvalue weighted by Crippen LogP contribution is 2.34. The minimum absolute atomic E-state index is 0.248.